The van der Waals surface area contributed by atoms with E-state index in [2.05, 4.69) is 0 Å². The average molecular weight is 263 g/mol. The van der Waals surface area contributed by atoms with Crippen molar-refractivity contribution in [3.63, 3.8) is 0 Å². The topological polar surface area (TPSA) is 77.8 Å². The van der Waals surface area contributed by atoms with E-state index in [1.54, 1.807) is 12.1 Å². The molecule has 1 fully saturated rings. The minimum absolute atomic E-state index is 0.106. The largest absolute Gasteiger partial charge is 0.507 e. The Kier molecular flexibility index (Phi) is 3.74. The number of likely N-dealkylation sites (tertiary alicyclic amines) is 1. The van der Waals surface area contributed by atoms with E-state index in [0.29, 0.717) is 13.0 Å². The third-order valence-corrected chi connectivity index (χ3v) is 3.43. The number of nitrogens with zero attached hydrogens (tertiary/aromatic N) is 1. The molecule has 2 rings (SSSR count). The van der Waals surface area contributed by atoms with Crippen molar-refractivity contribution in [2.24, 2.45) is 0 Å². The molecule has 1 atom stereocenters. The molecule has 2 N–H and O–H groups in total. The predicted octanol–water partition coefficient (Wildman–Crippen LogP) is 1.78. The molecule has 0 aromatic heterocycles. The smallest absolute Gasteiger partial charge is 0.326 e. The maximum absolute atomic E-state index is 12.4. The number of phenols is 1. The minimum atomic E-state index is -0.986. The molecule has 5 heteroatoms. The number of carbonyl (C=O) groups excluding carboxylic acids is 1. The molecule has 0 radical (unpaired) electrons. The van der Waals surface area contributed by atoms with Crippen molar-refractivity contribution in [2.45, 2.75) is 32.2 Å². The summed E-state index contributed by atoms with van der Waals surface area (Å²) in [4.78, 5) is 24.9. The Morgan fingerprint density at radius 3 is 2.74 bits per heavy atom. The van der Waals surface area contributed by atoms with Gasteiger partial charge in [0.05, 0.1) is 5.56 Å². The van der Waals surface area contributed by atoms with Gasteiger partial charge in [-0.05, 0) is 38.3 Å². The van der Waals surface area contributed by atoms with Gasteiger partial charge in [-0.1, -0.05) is 11.6 Å². The van der Waals surface area contributed by atoms with Gasteiger partial charge in [0.2, 0.25) is 0 Å². The normalized spacial score (nSPS) is 19.2. The van der Waals surface area contributed by atoms with Crippen LogP contribution in [0.3, 0.4) is 0 Å². The number of hydrogen-bond acceptors (Lipinski definition) is 3. The van der Waals surface area contributed by atoms with Gasteiger partial charge >= 0.3 is 5.97 Å². The second kappa shape index (κ2) is 5.30. The maximum Gasteiger partial charge on any atom is 0.326 e. The molecule has 102 valence electrons. The van der Waals surface area contributed by atoms with E-state index >= 15 is 0 Å². The highest BCUT2D eigenvalue weighted by Gasteiger charge is 2.33. The first kappa shape index (κ1) is 13.4. The van der Waals surface area contributed by atoms with Crippen LogP contribution in [0.4, 0.5) is 0 Å². The molecule has 1 aromatic carbocycles. The van der Waals surface area contributed by atoms with Crippen LogP contribution in [-0.2, 0) is 4.79 Å². The van der Waals surface area contributed by atoms with Crippen LogP contribution < -0.4 is 0 Å². The third-order valence-electron chi connectivity index (χ3n) is 3.43. The number of carboxylic acid groups (broad SMARTS) is 1. The van der Waals surface area contributed by atoms with Crippen LogP contribution in [0.15, 0.2) is 18.2 Å². The minimum Gasteiger partial charge on any atom is -0.507 e. The Balaban J connectivity index is 2.31. The lowest BCUT2D eigenvalue weighted by molar-refractivity contribution is -0.143. The molecular formula is C14H17NO4. The molecule has 0 unspecified atom stereocenters. The summed E-state index contributed by atoms with van der Waals surface area (Å²) in [7, 11) is 0. The van der Waals surface area contributed by atoms with Gasteiger partial charge < -0.3 is 15.1 Å². The van der Waals surface area contributed by atoms with Gasteiger partial charge in [-0.25, -0.2) is 4.79 Å². The number of benzene rings is 1. The monoisotopic (exact) mass is 263 g/mol. The van der Waals surface area contributed by atoms with Crippen molar-refractivity contribution in [1.82, 2.24) is 4.90 Å². The summed E-state index contributed by atoms with van der Waals surface area (Å²) < 4.78 is 0. The lowest BCUT2D eigenvalue weighted by Gasteiger charge is -2.33. The van der Waals surface area contributed by atoms with Gasteiger partial charge in [0, 0.05) is 6.54 Å². The highest BCUT2D eigenvalue weighted by molar-refractivity contribution is 5.99. The molecular weight excluding hydrogens is 246 g/mol. The van der Waals surface area contributed by atoms with Gasteiger partial charge in [-0.2, -0.15) is 0 Å². The lowest BCUT2D eigenvalue weighted by Crippen LogP contribution is -2.48. The summed E-state index contributed by atoms with van der Waals surface area (Å²) >= 11 is 0. The zero-order valence-corrected chi connectivity index (χ0v) is 10.8. The third kappa shape index (κ3) is 2.70. The van der Waals surface area contributed by atoms with Crippen molar-refractivity contribution < 1.29 is 19.8 Å². The standard InChI is InChI=1S/C14H17NO4/c1-9-5-6-12(16)10(8-9)13(17)15-7-3-2-4-11(15)14(18)19/h5-6,8,11,16H,2-4,7H2,1H3,(H,18,19)/t11-/m0/s1. The zero-order valence-electron chi connectivity index (χ0n) is 10.8. The quantitative estimate of drug-likeness (QED) is 0.852. The lowest BCUT2D eigenvalue weighted by atomic mass is 10.00. The summed E-state index contributed by atoms with van der Waals surface area (Å²) in [5, 5.41) is 18.9. The first-order valence-corrected chi connectivity index (χ1v) is 6.34. The number of hydrogen-bond donors (Lipinski definition) is 2. The van der Waals surface area contributed by atoms with Crippen molar-refractivity contribution in [3.05, 3.63) is 29.3 Å². The van der Waals surface area contributed by atoms with Crippen LogP contribution in [-0.4, -0.2) is 39.6 Å². The molecule has 1 aliphatic heterocycles. The van der Waals surface area contributed by atoms with Crippen LogP contribution in [0, 0.1) is 6.92 Å². The summed E-state index contributed by atoms with van der Waals surface area (Å²) in [5.74, 6) is -1.50. The highest BCUT2D eigenvalue weighted by Crippen LogP contribution is 2.25. The number of amides is 1. The Morgan fingerprint density at radius 2 is 2.05 bits per heavy atom. The molecule has 5 nitrogen and oxygen atoms in total. The van der Waals surface area contributed by atoms with Crippen LogP contribution >= 0.6 is 0 Å². The number of carbonyl (C=O) groups is 2. The van der Waals surface area contributed by atoms with Gasteiger partial charge in [-0.3, -0.25) is 4.79 Å². The molecule has 0 bridgehead atoms. The molecule has 0 saturated carbocycles. The fraction of sp³-hybridized carbons (Fsp3) is 0.429. The molecule has 0 aliphatic carbocycles. The van der Waals surface area contributed by atoms with Crippen molar-refractivity contribution in [3.8, 4) is 5.75 Å². The number of rotatable bonds is 2. The van der Waals surface area contributed by atoms with Crippen molar-refractivity contribution in [2.75, 3.05) is 6.54 Å². The van der Waals surface area contributed by atoms with E-state index in [-0.39, 0.29) is 11.3 Å². The van der Waals surface area contributed by atoms with E-state index in [0.717, 1.165) is 18.4 Å². The van der Waals surface area contributed by atoms with Crippen molar-refractivity contribution in [1.29, 1.82) is 0 Å². The van der Waals surface area contributed by atoms with Crippen molar-refractivity contribution >= 4 is 11.9 Å². The van der Waals surface area contributed by atoms with Crippen LogP contribution in [0.5, 0.6) is 5.75 Å². The Bertz CT molecular complexity index is 512. The molecule has 1 heterocycles. The van der Waals surface area contributed by atoms with Gasteiger partial charge in [-0.15, -0.1) is 0 Å². The van der Waals surface area contributed by atoms with E-state index in [1.165, 1.54) is 11.0 Å². The van der Waals surface area contributed by atoms with E-state index in [4.69, 9.17) is 0 Å². The van der Waals surface area contributed by atoms with Crippen LogP contribution in [0.25, 0.3) is 0 Å². The second-order valence-corrected chi connectivity index (χ2v) is 4.87. The average Bonchev–Trinajstić information content (AvgIpc) is 2.40. The molecule has 1 aromatic rings. The first-order valence-electron chi connectivity index (χ1n) is 6.34. The Morgan fingerprint density at radius 1 is 1.32 bits per heavy atom. The Hall–Kier alpha value is -2.04. The highest BCUT2D eigenvalue weighted by atomic mass is 16.4. The number of aryl methyl sites for hydroxylation is 1. The number of aromatic hydroxyl groups is 1. The van der Waals surface area contributed by atoms with Gasteiger partial charge in [0.1, 0.15) is 11.8 Å². The molecule has 19 heavy (non-hydrogen) atoms. The fourth-order valence-corrected chi connectivity index (χ4v) is 2.41. The molecule has 0 spiro atoms. The number of carboxylic acids is 1. The summed E-state index contributed by atoms with van der Waals surface area (Å²) in [6.45, 7) is 2.24. The zero-order chi connectivity index (χ0) is 14.0. The molecule has 1 amide bonds. The first-order chi connectivity index (χ1) is 9.00. The molecule has 1 aliphatic rings. The maximum atomic E-state index is 12.4. The van der Waals surface area contributed by atoms with Crippen LogP contribution in [0.1, 0.15) is 35.2 Å². The van der Waals surface area contributed by atoms with Gasteiger partial charge in [0.25, 0.3) is 5.91 Å². The van der Waals surface area contributed by atoms with Gasteiger partial charge in [0.15, 0.2) is 0 Å². The van der Waals surface area contributed by atoms with E-state index < -0.39 is 17.9 Å². The summed E-state index contributed by atoms with van der Waals surface area (Å²) in [6, 6.07) is 3.96. The van der Waals surface area contributed by atoms with Crippen LogP contribution in [0.2, 0.25) is 0 Å². The van der Waals surface area contributed by atoms with E-state index in [9.17, 15) is 19.8 Å². The number of piperidine rings is 1. The predicted molar refractivity (Wildman–Crippen MR) is 69.2 cm³/mol. The summed E-state index contributed by atoms with van der Waals surface area (Å²) in [6.07, 6.45) is 2.07. The SMILES string of the molecule is Cc1ccc(O)c(C(=O)N2CCCC[C@H]2C(=O)O)c1. The van der Waals surface area contributed by atoms with E-state index in [1.807, 2.05) is 6.92 Å². The number of phenolic OH excluding ortho intramolecular Hbond substituents is 1. The Labute approximate surface area is 111 Å². The fourth-order valence-electron chi connectivity index (χ4n) is 2.41. The summed E-state index contributed by atoms with van der Waals surface area (Å²) in [5.41, 5.74) is 1.03. The second-order valence-electron chi connectivity index (χ2n) is 4.87. The number of aliphatic carboxylic acids is 1. The molecule has 1 saturated heterocycles.